The van der Waals surface area contributed by atoms with Crippen molar-refractivity contribution in [1.29, 1.82) is 0 Å². The van der Waals surface area contributed by atoms with E-state index in [-0.39, 0.29) is 18.4 Å². The van der Waals surface area contributed by atoms with Crippen LogP contribution in [0, 0.1) is 5.41 Å². The van der Waals surface area contributed by atoms with E-state index in [1.165, 1.54) is 24.3 Å². The summed E-state index contributed by atoms with van der Waals surface area (Å²) < 4.78 is 39.1. The maximum atomic E-state index is 13.0. The minimum absolute atomic E-state index is 0.0163. The fraction of sp³-hybridized carbons (Fsp3) is 0.500. The fourth-order valence-electron chi connectivity index (χ4n) is 2.11. The molecule has 1 unspecified atom stereocenters. The van der Waals surface area contributed by atoms with Gasteiger partial charge < -0.3 is 10.4 Å². The van der Waals surface area contributed by atoms with E-state index < -0.39 is 29.5 Å². The van der Waals surface area contributed by atoms with Gasteiger partial charge in [0, 0.05) is 0 Å². The lowest BCUT2D eigenvalue weighted by atomic mass is 9.87. The van der Waals surface area contributed by atoms with Crippen LogP contribution in [0.4, 0.5) is 13.2 Å². The molecule has 0 saturated carbocycles. The molecule has 0 aromatic heterocycles. The Hall–Kier alpha value is -2.05. The van der Waals surface area contributed by atoms with Gasteiger partial charge in [0.1, 0.15) is 6.04 Å². The monoisotopic (exact) mass is 331 g/mol. The molecule has 0 spiro atoms. The second-order valence-electron chi connectivity index (χ2n) is 6.61. The SMILES string of the molecule is CC(C)(C)CC(NC(=O)Cc1cccc(C(=O)O)c1)C(F)(F)F. The van der Waals surface area contributed by atoms with Crippen LogP contribution in [0.2, 0.25) is 0 Å². The molecule has 0 fully saturated rings. The van der Waals surface area contributed by atoms with Crippen LogP contribution < -0.4 is 5.32 Å². The maximum Gasteiger partial charge on any atom is 0.408 e. The normalized spacial score (nSPS) is 13.5. The highest BCUT2D eigenvalue weighted by Gasteiger charge is 2.42. The first kappa shape index (κ1) is 19.0. The fourth-order valence-corrected chi connectivity index (χ4v) is 2.11. The molecule has 2 N–H and O–H groups in total. The third-order valence-corrected chi connectivity index (χ3v) is 3.09. The van der Waals surface area contributed by atoms with Crippen LogP contribution >= 0.6 is 0 Å². The van der Waals surface area contributed by atoms with Crippen molar-refractivity contribution in [2.75, 3.05) is 0 Å². The van der Waals surface area contributed by atoms with Gasteiger partial charge in [-0.15, -0.1) is 0 Å². The number of carbonyl (C=O) groups is 2. The van der Waals surface area contributed by atoms with E-state index in [1.807, 2.05) is 5.32 Å². The topological polar surface area (TPSA) is 66.4 Å². The molecule has 23 heavy (non-hydrogen) atoms. The van der Waals surface area contributed by atoms with E-state index >= 15 is 0 Å². The largest absolute Gasteiger partial charge is 0.478 e. The van der Waals surface area contributed by atoms with E-state index in [4.69, 9.17) is 5.11 Å². The van der Waals surface area contributed by atoms with Crippen LogP contribution in [0.1, 0.15) is 43.1 Å². The van der Waals surface area contributed by atoms with Gasteiger partial charge in [-0.25, -0.2) is 4.79 Å². The minimum atomic E-state index is -4.54. The number of amides is 1. The van der Waals surface area contributed by atoms with Crippen molar-refractivity contribution in [3.63, 3.8) is 0 Å². The van der Waals surface area contributed by atoms with Crippen molar-refractivity contribution < 1.29 is 27.9 Å². The summed E-state index contributed by atoms with van der Waals surface area (Å²) in [5.41, 5.74) is -0.270. The van der Waals surface area contributed by atoms with Crippen LogP contribution in [0.5, 0.6) is 0 Å². The second kappa shape index (κ2) is 7.02. The maximum absolute atomic E-state index is 13.0. The molecule has 128 valence electrons. The highest BCUT2D eigenvalue weighted by molar-refractivity contribution is 5.88. The van der Waals surface area contributed by atoms with E-state index in [1.54, 1.807) is 20.8 Å². The van der Waals surface area contributed by atoms with Crippen LogP contribution in [0.25, 0.3) is 0 Å². The predicted molar refractivity (Wildman–Crippen MR) is 79.2 cm³/mol. The minimum Gasteiger partial charge on any atom is -0.478 e. The van der Waals surface area contributed by atoms with Gasteiger partial charge in [0.05, 0.1) is 12.0 Å². The highest BCUT2D eigenvalue weighted by atomic mass is 19.4. The average molecular weight is 331 g/mol. The standard InChI is InChI=1S/C16H20F3NO3/c1-15(2,3)9-12(16(17,18)19)20-13(21)8-10-5-4-6-11(7-10)14(22)23/h4-7,12H,8-9H2,1-3H3,(H,20,21)(H,22,23). The Morgan fingerprint density at radius 3 is 2.30 bits per heavy atom. The van der Waals surface area contributed by atoms with E-state index in [0.717, 1.165) is 0 Å². The van der Waals surface area contributed by atoms with Crippen molar-refractivity contribution in [3.05, 3.63) is 35.4 Å². The Kier molecular flexibility index (Phi) is 5.80. The molecule has 0 aliphatic carbocycles. The number of aromatic carboxylic acids is 1. The average Bonchev–Trinajstić information content (AvgIpc) is 2.35. The van der Waals surface area contributed by atoms with Gasteiger partial charge in [-0.1, -0.05) is 32.9 Å². The summed E-state index contributed by atoms with van der Waals surface area (Å²) in [6.45, 7) is 4.98. The molecule has 0 radical (unpaired) electrons. The lowest BCUT2D eigenvalue weighted by Crippen LogP contribution is -2.47. The number of hydrogen-bond donors (Lipinski definition) is 2. The molecule has 0 aliphatic heterocycles. The van der Waals surface area contributed by atoms with Gasteiger partial charge >= 0.3 is 12.1 Å². The van der Waals surface area contributed by atoms with E-state index in [2.05, 4.69) is 0 Å². The number of carboxylic acids is 1. The third-order valence-electron chi connectivity index (χ3n) is 3.09. The summed E-state index contributed by atoms with van der Waals surface area (Å²) in [4.78, 5) is 22.7. The number of alkyl halides is 3. The molecule has 1 rings (SSSR count). The van der Waals surface area contributed by atoms with Gasteiger partial charge in [-0.2, -0.15) is 13.2 Å². The Labute approximate surface area is 132 Å². The van der Waals surface area contributed by atoms with Crippen molar-refractivity contribution in [3.8, 4) is 0 Å². The zero-order valence-electron chi connectivity index (χ0n) is 13.2. The zero-order valence-corrected chi connectivity index (χ0v) is 13.2. The Morgan fingerprint density at radius 2 is 1.83 bits per heavy atom. The van der Waals surface area contributed by atoms with Crippen molar-refractivity contribution in [2.45, 2.75) is 45.8 Å². The summed E-state index contributed by atoms with van der Waals surface area (Å²) in [7, 11) is 0. The molecule has 4 nitrogen and oxygen atoms in total. The van der Waals surface area contributed by atoms with Crippen molar-refractivity contribution in [2.24, 2.45) is 5.41 Å². The first-order chi connectivity index (χ1) is 10.4. The van der Waals surface area contributed by atoms with Gasteiger partial charge in [-0.3, -0.25) is 4.79 Å². The molecular formula is C16H20F3NO3. The number of halogens is 3. The lowest BCUT2D eigenvalue weighted by molar-refractivity contribution is -0.166. The Balaban J connectivity index is 2.80. The molecule has 0 aliphatic rings. The van der Waals surface area contributed by atoms with Crippen molar-refractivity contribution >= 4 is 11.9 Å². The molecule has 1 aromatic carbocycles. The van der Waals surface area contributed by atoms with Crippen LogP contribution in [0.3, 0.4) is 0 Å². The Morgan fingerprint density at radius 1 is 1.22 bits per heavy atom. The second-order valence-corrected chi connectivity index (χ2v) is 6.61. The highest BCUT2D eigenvalue weighted by Crippen LogP contribution is 2.30. The summed E-state index contributed by atoms with van der Waals surface area (Å²) in [6, 6.07) is 3.63. The molecule has 0 saturated heterocycles. The molecule has 0 bridgehead atoms. The summed E-state index contributed by atoms with van der Waals surface area (Å²) in [6.07, 6.45) is -5.08. The number of rotatable bonds is 5. The van der Waals surface area contributed by atoms with Gasteiger partial charge in [0.25, 0.3) is 0 Å². The zero-order chi connectivity index (χ0) is 17.8. The number of hydrogen-bond acceptors (Lipinski definition) is 2. The molecule has 1 amide bonds. The van der Waals surface area contributed by atoms with Gasteiger partial charge in [0.15, 0.2) is 0 Å². The molecule has 1 atom stereocenters. The summed E-state index contributed by atoms with van der Waals surface area (Å²) >= 11 is 0. The van der Waals surface area contributed by atoms with Gasteiger partial charge in [0.2, 0.25) is 5.91 Å². The summed E-state index contributed by atoms with van der Waals surface area (Å²) in [5, 5.41) is 10.9. The van der Waals surface area contributed by atoms with Crippen LogP contribution in [-0.2, 0) is 11.2 Å². The van der Waals surface area contributed by atoms with E-state index in [9.17, 15) is 22.8 Å². The number of benzene rings is 1. The van der Waals surface area contributed by atoms with Crippen LogP contribution in [0.15, 0.2) is 24.3 Å². The molecule has 7 heteroatoms. The van der Waals surface area contributed by atoms with E-state index in [0.29, 0.717) is 5.56 Å². The predicted octanol–water partition coefficient (Wildman–Crippen LogP) is 3.41. The van der Waals surface area contributed by atoms with Crippen LogP contribution in [-0.4, -0.2) is 29.2 Å². The smallest absolute Gasteiger partial charge is 0.408 e. The Bertz CT molecular complexity index is 577. The lowest BCUT2D eigenvalue weighted by Gasteiger charge is -2.28. The molecular weight excluding hydrogens is 311 g/mol. The van der Waals surface area contributed by atoms with Crippen molar-refractivity contribution in [1.82, 2.24) is 5.32 Å². The van der Waals surface area contributed by atoms with Gasteiger partial charge in [-0.05, 0) is 29.5 Å². The number of carboxylic acid groups (broad SMARTS) is 1. The first-order valence-corrected chi connectivity index (χ1v) is 7.07. The first-order valence-electron chi connectivity index (χ1n) is 7.07. The quantitative estimate of drug-likeness (QED) is 0.869. The number of carbonyl (C=O) groups excluding carboxylic acids is 1. The number of nitrogens with one attached hydrogen (secondary N) is 1. The molecule has 1 aromatic rings. The molecule has 0 heterocycles. The summed E-state index contributed by atoms with van der Waals surface area (Å²) in [5.74, 6) is -1.95. The third kappa shape index (κ3) is 6.71.